The van der Waals surface area contributed by atoms with Crippen LogP contribution in [-0.2, 0) is 19.6 Å². The third-order valence-corrected chi connectivity index (χ3v) is 5.36. The van der Waals surface area contributed by atoms with E-state index in [4.69, 9.17) is 10.00 Å². The Bertz CT molecular complexity index is 1040. The van der Waals surface area contributed by atoms with Gasteiger partial charge in [-0.15, -0.1) is 0 Å². The van der Waals surface area contributed by atoms with Gasteiger partial charge in [0, 0.05) is 11.7 Å². The number of nitrogens with zero attached hydrogens (tertiary/aromatic N) is 1. The quantitative estimate of drug-likeness (QED) is 0.669. The van der Waals surface area contributed by atoms with Crippen molar-refractivity contribution in [3.8, 4) is 6.07 Å². The number of carbonyl (C=O) groups excluding carboxylic acids is 2. The second kappa shape index (κ2) is 9.32. The van der Waals surface area contributed by atoms with Crippen molar-refractivity contribution in [1.82, 2.24) is 4.72 Å². The lowest BCUT2D eigenvalue weighted by Crippen LogP contribution is -2.31. The van der Waals surface area contributed by atoms with Gasteiger partial charge in [0.1, 0.15) is 0 Å². The molecular formula is C20H21N3O5S. The first-order chi connectivity index (χ1) is 13.6. The molecular weight excluding hydrogens is 394 g/mol. The lowest BCUT2D eigenvalue weighted by Gasteiger charge is -2.14. The van der Waals surface area contributed by atoms with Gasteiger partial charge in [-0.1, -0.05) is 6.07 Å². The first kappa shape index (κ1) is 22.1. The molecule has 0 saturated heterocycles. The number of hydrogen-bond acceptors (Lipinski definition) is 6. The molecule has 0 aliphatic rings. The molecule has 2 aromatic rings. The minimum Gasteiger partial charge on any atom is -0.449 e. The summed E-state index contributed by atoms with van der Waals surface area (Å²) in [5.74, 6) is -1.39. The van der Waals surface area contributed by atoms with Gasteiger partial charge in [-0.25, -0.2) is 17.9 Å². The summed E-state index contributed by atoms with van der Waals surface area (Å²) in [6.07, 6.45) is -1.12. The monoisotopic (exact) mass is 415 g/mol. The Morgan fingerprint density at radius 2 is 1.72 bits per heavy atom. The maximum atomic E-state index is 12.3. The Kier molecular flexibility index (Phi) is 7.09. The lowest BCUT2D eigenvalue weighted by atomic mass is 10.2. The molecule has 0 saturated carbocycles. The SMILES string of the molecule is CC(C)NS(=O)(=O)c1cccc(C(=O)O[C@H](C)C(=O)Nc2ccc(C#N)cc2)c1. The molecule has 0 unspecified atom stereocenters. The van der Waals surface area contributed by atoms with Gasteiger partial charge in [0.25, 0.3) is 5.91 Å². The van der Waals surface area contributed by atoms with Crippen LogP contribution in [0.2, 0.25) is 0 Å². The molecule has 0 spiro atoms. The summed E-state index contributed by atoms with van der Waals surface area (Å²) in [5.41, 5.74) is 0.906. The molecule has 152 valence electrons. The highest BCUT2D eigenvalue weighted by molar-refractivity contribution is 7.89. The maximum absolute atomic E-state index is 12.3. The van der Waals surface area contributed by atoms with Crippen molar-refractivity contribution in [2.24, 2.45) is 0 Å². The van der Waals surface area contributed by atoms with Gasteiger partial charge in [0.15, 0.2) is 6.10 Å². The van der Waals surface area contributed by atoms with E-state index >= 15 is 0 Å². The average molecular weight is 415 g/mol. The fourth-order valence-corrected chi connectivity index (χ4v) is 3.62. The van der Waals surface area contributed by atoms with Crippen molar-refractivity contribution in [3.63, 3.8) is 0 Å². The summed E-state index contributed by atoms with van der Waals surface area (Å²) in [5, 5.41) is 11.4. The van der Waals surface area contributed by atoms with E-state index in [0.29, 0.717) is 11.3 Å². The molecule has 1 atom stereocenters. The average Bonchev–Trinajstić information content (AvgIpc) is 2.67. The van der Waals surface area contributed by atoms with E-state index in [2.05, 4.69) is 10.0 Å². The molecule has 29 heavy (non-hydrogen) atoms. The summed E-state index contributed by atoms with van der Waals surface area (Å²) in [7, 11) is -3.77. The molecule has 0 bridgehead atoms. The van der Waals surface area contributed by atoms with Crippen molar-refractivity contribution in [2.75, 3.05) is 5.32 Å². The molecule has 9 heteroatoms. The van der Waals surface area contributed by atoms with E-state index in [9.17, 15) is 18.0 Å². The smallest absolute Gasteiger partial charge is 0.338 e. The molecule has 2 N–H and O–H groups in total. The van der Waals surface area contributed by atoms with E-state index in [0.717, 1.165) is 0 Å². The Hall–Kier alpha value is -3.22. The van der Waals surface area contributed by atoms with Crippen LogP contribution in [0.4, 0.5) is 5.69 Å². The highest BCUT2D eigenvalue weighted by Crippen LogP contribution is 2.15. The van der Waals surface area contributed by atoms with Crippen LogP contribution in [0.25, 0.3) is 0 Å². The summed E-state index contributed by atoms with van der Waals surface area (Å²) in [4.78, 5) is 24.5. The van der Waals surface area contributed by atoms with Crippen LogP contribution in [0.5, 0.6) is 0 Å². The van der Waals surface area contributed by atoms with Crippen molar-refractivity contribution >= 4 is 27.6 Å². The molecule has 0 heterocycles. The first-order valence-corrected chi connectivity index (χ1v) is 10.2. The van der Waals surface area contributed by atoms with Crippen LogP contribution >= 0.6 is 0 Å². The highest BCUT2D eigenvalue weighted by atomic mass is 32.2. The summed E-state index contributed by atoms with van der Waals surface area (Å²) < 4.78 is 32.1. The standard InChI is InChI=1S/C20H21N3O5S/c1-13(2)23-29(26,27)18-6-4-5-16(11-18)20(25)28-14(3)19(24)22-17-9-7-15(12-21)8-10-17/h4-11,13-14,23H,1-3H3,(H,22,24)/t14-/m1/s1. The number of hydrogen-bond donors (Lipinski definition) is 2. The second-order valence-electron chi connectivity index (χ2n) is 6.53. The molecule has 0 aliphatic heterocycles. The van der Waals surface area contributed by atoms with Gasteiger partial charge in [-0.05, 0) is 63.2 Å². The van der Waals surface area contributed by atoms with Crippen molar-refractivity contribution in [3.05, 3.63) is 59.7 Å². The van der Waals surface area contributed by atoms with Gasteiger partial charge in [-0.3, -0.25) is 4.79 Å². The number of ether oxygens (including phenoxy) is 1. The van der Waals surface area contributed by atoms with Crippen molar-refractivity contribution in [1.29, 1.82) is 5.26 Å². The minimum atomic E-state index is -3.77. The summed E-state index contributed by atoms with van der Waals surface area (Å²) in [6.45, 7) is 4.77. The number of carbonyl (C=O) groups is 2. The molecule has 1 amide bonds. The van der Waals surface area contributed by atoms with E-state index in [1.165, 1.54) is 31.2 Å². The fourth-order valence-electron chi connectivity index (χ4n) is 2.32. The molecule has 0 aromatic heterocycles. The van der Waals surface area contributed by atoms with E-state index in [1.54, 1.807) is 38.1 Å². The normalized spacial score (nSPS) is 12.1. The van der Waals surface area contributed by atoms with Gasteiger partial charge < -0.3 is 10.1 Å². The van der Waals surface area contributed by atoms with Gasteiger partial charge >= 0.3 is 5.97 Å². The number of anilines is 1. The third-order valence-electron chi connectivity index (χ3n) is 3.71. The number of nitrogens with one attached hydrogen (secondary N) is 2. The van der Waals surface area contributed by atoms with Crippen LogP contribution in [0, 0.1) is 11.3 Å². The molecule has 8 nitrogen and oxygen atoms in total. The van der Waals surface area contributed by atoms with E-state index in [-0.39, 0.29) is 16.5 Å². The van der Waals surface area contributed by atoms with Crippen LogP contribution < -0.4 is 10.0 Å². The zero-order valence-electron chi connectivity index (χ0n) is 16.2. The number of esters is 1. The predicted octanol–water partition coefficient (Wildman–Crippen LogP) is 2.43. The first-order valence-electron chi connectivity index (χ1n) is 8.77. The van der Waals surface area contributed by atoms with Crippen LogP contribution in [0.1, 0.15) is 36.7 Å². The van der Waals surface area contributed by atoms with Crippen LogP contribution in [-0.4, -0.2) is 32.4 Å². The van der Waals surface area contributed by atoms with Gasteiger partial charge in [0.2, 0.25) is 10.0 Å². The Morgan fingerprint density at radius 1 is 1.07 bits per heavy atom. The Labute approximate surface area is 169 Å². The van der Waals surface area contributed by atoms with Crippen molar-refractivity contribution < 1.29 is 22.7 Å². The molecule has 0 fully saturated rings. The number of nitriles is 1. The number of benzene rings is 2. The second-order valence-corrected chi connectivity index (χ2v) is 8.24. The predicted molar refractivity (Wildman–Crippen MR) is 107 cm³/mol. The summed E-state index contributed by atoms with van der Waals surface area (Å²) >= 11 is 0. The number of amides is 1. The molecule has 0 aliphatic carbocycles. The zero-order valence-corrected chi connectivity index (χ0v) is 17.0. The lowest BCUT2D eigenvalue weighted by molar-refractivity contribution is -0.123. The zero-order chi connectivity index (χ0) is 21.6. The highest BCUT2D eigenvalue weighted by Gasteiger charge is 2.21. The van der Waals surface area contributed by atoms with Gasteiger partial charge in [0.05, 0.1) is 22.1 Å². The minimum absolute atomic E-state index is 0.00894. The van der Waals surface area contributed by atoms with E-state index in [1.807, 2.05) is 6.07 Å². The van der Waals surface area contributed by atoms with Crippen molar-refractivity contribution in [2.45, 2.75) is 37.8 Å². The number of rotatable bonds is 7. The molecule has 0 radical (unpaired) electrons. The largest absolute Gasteiger partial charge is 0.449 e. The third kappa shape index (κ3) is 6.14. The van der Waals surface area contributed by atoms with Crippen LogP contribution in [0.3, 0.4) is 0 Å². The van der Waals surface area contributed by atoms with E-state index < -0.39 is 28.0 Å². The maximum Gasteiger partial charge on any atom is 0.338 e. The Morgan fingerprint density at radius 3 is 2.31 bits per heavy atom. The van der Waals surface area contributed by atoms with Gasteiger partial charge in [-0.2, -0.15) is 5.26 Å². The molecule has 2 aromatic carbocycles. The van der Waals surface area contributed by atoms with Crippen LogP contribution in [0.15, 0.2) is 53.4 Å². The number of sulfonamides is 1. The fraction of sp³-hybridized carbons (Fsp3) is 0.250. The topological polar surface area (TPSA) is 125 Å². The summed E-state index contributed by atoms with van der Waals surface area (Å²) in [6, 6.07) is 13.3. The molecule has 2 rings (SSSR count). The Balaban J connectivity index is 2.06.